The molecule has 0 aliphatic heterocycles. The van der Waals surface area contributed by atoms with Crippen LogP contribution in [0.1, 0.15) is 111 Å². The molecule has 0 heterocycles. The zero-order valence-corrected chi connectivity index (χ0v) is 27.4. The van der Waals surface area contributed by atoms with Gasteiger partial charge in [0.15, 0.2) is 0 Å². The van der Waals surface area contributed by atoms with Gasteiger partial charge >= 0.3 is 7.82 Å². The molecular formula is C31H63NO6P+. The van der Waals surface area contributed by atoms with Crippen LogP contribution in [-0.4, -0.2) is 75.2 Å². The highest BCUT2D eigenvalue weighted by Crippen LogP contribution is 2.43. The summed E-state index contributed by atoms with van der Waals surface area (Å²) in [6, 6.07) is 0. The van der Waals surface area contributed by atoms with Gasteiger partial charge in [0.05, 0.1) is 40.0 Å². The molecular weight excluding hydrogens is 513 g/mol. The molecule has 0 rings (SSSR count). The molecule has 0 saturated carbocycles. The van der Waals surface area contributed by atoms with Crippen molar-refractivity contribution in [2.24, 2.45) is 0 Å². The van der Waals surface area contributed by atoms with E-state index >= 15 is 0 Å². The largest absolute Gasteiger partial charge is 0.472 e. The van der Waals surface area contributed by atoms with E-state index in [9.17, 15) is 9.46 Å². The minimum Gasteiger partial charge on any atom is -0.379 e. The Morgan fingerprint density at radius 3 is 1.74 bits per heavy atom. The van der Waals surface area contributed by atoms with Crippen molar-refractivity contribution in [2.45, 2.75) is 123 Å². The number of phosphoric acid groups is 1. The SMILES string of the molecule is CCCCCCC=CCCCCC=CCCCCCOC[C@H](COP(=O)(O)OCC[N+](C)(C)C)OC(C)(C)C. The van der Waals surface area contributed by atoms with E-state index in [0.717, 1.165) is 25.7 Å². The van der Waals surface area contributed by atoms with Crippen LogP contribution in [0.2, 0.25) is 0 Å². The van der Waals surface area contributed by atoms with Crippen LogP contribution in [0.3, 0.4) is 0 Å². The molecule has 0 amide bonds. The molecule has 0 saturated heterocycles. The van der Waals surface area contributed by atoms with Gasteiger partial charge in [0.1, 0.15) is 19.3 Å². The van der Waals surface area contributed by atoms with Crippen molar-refractivity contribution in [3.63, 3.8) is 0 Å². The molecule has 7 nitrogen and oxygen atoms in total. The topological polar surface area (TPSA) is 74.2 Å². The van der Waals surface area contributed by atoms with Gasteiger partial charge in [0.2, 0.25) is 0 Å². The van der Waals surface area contributed by atoms with Gasteiger partial charge < -0.3 is 18.9 Å². The minimum absolute atomic E-state index is 0.0600. The van der Waals surface area contributed by atoms with Crippen molar-refractivity contribution in [1.82, 2.24) is 0 Å². The van der Waals surface area contributed by atoms with Crippen LogP contribution < -0.4 is 0 Å². The summed E-state index contributed by atoms with van der Waals surface area (Å²) < 4.78 is 35.0. The molecule has 8 heteroatoms. The van der Waals surface area contributed by atoms with E-state index in [4.69, 9.17) is 18.5 Å². The van der Waals surface area contributed by atoms with Crippen LogP contribution in [0, 0.1) is 0 Å². The Morgan fingerprint density at radius 2 is 1.26 bits per heavy atom. The monoisotopic (exact) mass is 576 g/mol. The second-order valence-electron chi connectivity index (χ2n) is 12.5. The smallest absolute Gasteiger partial charge is 0.379 e. The van der Waals surface area contributed by atoms with Crippen LogP contribution in [0.5, 0.6) is 0 Å². The van der Waals surface area contributed by atoms with E-state index < -0.39 is 19.5 Å². The summed E-state index contributed by atoms with van der Waals surface area (Å²) in [5.41, 5.74) is -0.418. The number of allylic oxidation sites excluding steroid dienone is 4. The summed E-state index contributed by atoms with van der Waals surface area (Å²) in [5, 5.41) is 0. The Hall–Kier alpha value is -0.530. The molecule has 0 spiro atoms. The normalized spacial score (nSPS) is 15.4. The number of unbranched alkanes of at least 4 members (excludes halogenated alkanes) is 10. The molecule has 0 aromatic carbocycles. The summed E-state index contributed by atoms with van der Waals surface area (Å²) in [6.07, 6.45) is 24.8. The minimum atomic E-state index is -4.13. The van der Waals surface area contributed by atoms with E-state index in [-0.39, 0.29) is 13.2 Å². The number of quaternary nitrogens is 1. The summed E-state index contributed by atoms with van der Waals surface area (Å²) in [7, 11) is 1.84. The molecule has 0 bridgehead atoms. The Kier molecular flexibility index (Phi) is 22.8. The highest BCUT2D eigenvalue weighted by atomic mass is 31.2. The van der Waals surface area contributed by atoms with Crippen LogP contribution in [-0.2, 0) is 23.1 Å². The van der Waals surface area contributed by atoms with Crippen LogP contribution in [0.15, 0.2) is 24.3 Å². The summed E-state index contributed by atoms with van der Waals surface area (Å²) in [4.78, 5) is 9.99. The number of likely N-dealkylation sites (N-methyl/N-ethyl adjacent to an activating group) is 1. The van der Waals surface area contributed by atoms with Crippen molar-refractivity contribution >= 4 is 7.82 Å². The maximum Gasteiger partial charge on any atom is 0.472 e. The van der Waals surface area contributed by atoms with Crippen molar-refractivity contribution < 1.29 is 32.5 Å². The Morgan fingerprint density at radius 1 is 0.744 bits per heavy atom. The van der Waals surface area contributed by atoms with E-state index in [0.29, 0.717) is 24.2 Å². The van der Waals surface area contributed by atoms with Gasteiger partial charge in [-0.05, 0) is 78.6 Å². The Labute approximate surface area is 241 Å². The highest BCUT2D eigenvalue weighted by Gasteiger charge is 2.27. The first-order chi connectivity index (χ1) is 18.3. The third-order valence-corrected chi connectivity index (χ3v) is 6.96. The molecule has 232 valence electrons. The van der Waals surface area contributed by atoms with Crippen molar-refractivity contribution in [3.05, 3.63) is 24.3 Å². The maximum absolute atomic E-state index is 12.2. The van der Waals surface area contributed by atoms with Gasteiger partial charge in [-0.25, -0.2) is 4.57 Å². The lowest BCUT2D eigenvalue weighted by Gasteiger charge is -2.28. The predicted molar refractivity (Wildman–Crippen MR) is 164 cm³/mol. The van der Waals surface area contributed by atoms with Crippen LogP contribution in [0.4, 0.5) is 0 Å². The Bertz CT molecular complexity index is 669. The van der Waals surface area contributed by atoms with Gasteiger partial charge in [0, 0.05) is 6.61 Å². The fourth-order valence-electron chi connectivity index (χ4n) is 3.80. The summed E-state index contributed by atoms with van der Waals surface area (Å²) in [5.74, 6) is 0. The zero-order valence-electron chi connectivity index (χ0n) is 26.5. The van der Waals surface area contributed by atoms with Gasteiger partial charge in [-0.1, -0.05) is 56.9 Å². The van der Waals surface area contributed by atoms with Gasteiger partial charge in [-0.15, -0.1) is 0 Å². The van der Waals surface area contributed by atoms with Crippen LogP contribution in [0.25, 0.3) is 0 Å². The highest BCUT2D eigenvalue weighted by molar-refractivity contribution is 7.47. The lowest BCUT2D eigenvalue weighted by atomic mass is 10.1. The summed E-state index contributed by atoms with van der Waals surface area (Å²) in [6.45, 7) is 9.71. The molecule has 0 radical (unpaired) electrons. The fraction of sp³-hybridized carbons (Fsp3) is 0.871. The average molecular weight is 577 g/mol. The average Bonchev–Trinajstić information content (AvgIpc) is 2.82. The van der Waals surface area contributed by atoms with Crippen molar-refractivity contribution in [2.75, 3.05) is 54.1 Å². The first-order valence-corrected chi connectivity index (χ1v) is 16.8. The lowest BCUT2D eigenvalue weighted by Crippen LogP contribution is -2.37. The number of hydrogen-bond acceptors (Lipinski definition) is 5. The number of rotatable bonds is 26. The van der Waals surface area contributed by atoms with Crippen molar-refractivity contribution in [1.29, 1.82) is 0 Å². The molecule has 39 heavy (non-hydrogen) atoms. The van der Waals surface area contributed by atoms with Crippen molar-refractivity contribution in [3.8, 4) is 0 Å². The van der Waals surface area contributed by atoms with Gasteiger partial charge in [0.25, 0.3) is 0 Å². The maximum atomic E-state index is 12.2. The third-order valence-electron chi connectivity index (χ3n) is 5.97. The zero-order chi connectivity index (χ0) is 29.5. The number of nitrogens with zero attached hydrogens (tertiary/aromatic N) is 1. The predicted octanol–water partition coefficient (Wildman–Crippen LogP) is 8.23. The second-order valence-corrected chi connectivity index (χ2v) is 13.9. The van der Waals surface area contributed by atoms with E-state index in [2.05, 4.69) is 31.2 Å². The van der Waals surface area contributed by atoms with E-state index in [1.165, 1.54) is 57.8 Å². The molecule has 0 aliphatic rings. The van der Waals surface area contributed by atoms with Gasteiger partial charge in [-0.3, -0.25) is 9.05 Å². The molecule has 0 aromatic rings. The fourth-order valence-corrected chi connectivity index (χ4v) is 4.54. The third kappa shape index (κ3) is 30.3. The molecule has 1 N–H and O–H groups in total. The standard InChI is InChI=1S/C31H62NO6P/c1-8-9-10-11-12-13-14-15-16-17-18-19-20-21-22-23-24-26-35-28-30(38-31(2,3)4)29-37-39(33,34)36-27-25-32(5,6)7/h13-14,19-20,30H,8-12,15-18,21-29H2,1-7H3/p+1/t30-/m1/s1. The second kappa shape index (κ2) is 23.1. The molecule has 0 aromatic heterocycles. The molecule has 0 aliphatic carbocycles. The quantitative estimate of drug-likeness (QED) is 0.0484. The van der Waals surface area contributed by atoms with E-state index in [1.807, 2.05) is 41.9 Å². The first-order valence-electron chi connectivity index (χ1n) is 15.3. The summed E-state index contributed by atoms with van der Waals surface area (Å²) >= 11 is 0. The Balaban J connectivity index is 3.92. The van der Waals surface area contributed by atoms with Gasteiger partial charge in [-0.2, -0.15) is 0 Å². The number of hydrogen-bond donors (Lipinski definition) is 1. The molecule has 0 fully saturated rings. The molecule has 2 atom stereocenters. The lowest BCUT2D eigenvalue weighted by molar-refractivity contribution is -0.870. The van der Waals surface area contributed by atoms with E-state index in [1.54, 1.807) is 0 Å². The number of phosphoric ester groups is 1. The number of ether oxygens (including phenoxy) is 2. The van der Waals surface area contributed by atoms with Crippen LogP contribution >= 0.6 is 7.82 Å². The first kappa shape index (κ1) is 38.5. The molecule has 1 unspecified atom stereocenters.